The van der Waals surface area contributed by atoms with E-state index >= 15 is 0 Å². The summed E-state index contributed by atoms with van der Waals surface area (Å²) in [5.41, 5.74) is 9.76. The number of halogens is 1. The lowest BCUT2D eigenvalue weighted by Crippen LogP contribution is -2.35. The van der Waals surface area contributed by atoms with Crippen molar-refractivity contribution >= 4 is 22.5 Å². The number of hydrogen-bond donors (Lipinski definition) is 0. The molecule has 3 nitrogen and oxygen atoms in total. The molecule has 0 spiro atoms. The monoisotopic (exact) mass is 442 g/mol. The molecule has 4 aromatic rings. The molecule has 5 rings (SSSR count). The summed E-state index contributed by atoms with van der Waals surface area (Å²) < 4.78 is 5.47. The summed E-state index contributed by atoms with van der Waals surface area (Å²) in [5.74, 6) is 0. The molecule has 0 bridgehead atoms. The van der Waals surface area contributed by atoms with Crippen molar-refractivity contribution in [2.24, 2.45) is 0 Å². The number of aryl methyl sites for hydroxylation is 2. The Morgan fingerprint density at radius 3 is 2.31 bits per heavy atom. The molecule has 32 heavy (non-hydrogen) atoms. The molecule has 3 aromatic carbocycles. The minimum atomic E-state index is 0.748. The maximum Gasteiger partial charge on any atom is 0.0713 e. The minimum Gasteiger partial charge on any atom is -0.379 e. The molecule has 4 heteroatoms. The maximum atomic E-state index is 6.13. The van der Waals surface area contributed by atoms with E-state index in [0.717, 1.165) is 49.0 Å². The van der Waals surface area contributed by atoms with Gasteiger partial charge in [0.15, 0.2) is 0 Å². The zero-order valence-electron chi connectivity index (χ0n) is 18.6. The van der Waals surface area contributed by atoms with Crippen LogP contribution in [0.4, 0.5) is 0 Å². The molecular weight excluding hydrogens is 416 g/mol. The Morgan fingerprint density at radius 1 is 0.906 bits per heavy atom. The summed E-state index contributed by atoms with van der Waals surface area (Å²) in [6.07, 6.45) is 1.89. The quantitative estimate of drug-likeness (QED) is 0.353. The average Bonchev–Trinajstić information content (AvgIpc) is 2.81. The number of morpholine rings is 1. The van der Waals surface area contributed by atoms with Crippen LogP contribution in [0.5, 0.6) is 0 Å². The van der Waals surface area contributed by atoms with Gasteiger partial charge in [0.25, 0.3) is 0 Å². The van der Waals surface area contributed by atoms with Gasteiger partial charge in [-0.05, 0) is 77.1 Å². The molecule has 1 aromatic heterocycles. The zero-order chi connectivity index (χ0) is 22.1. The first-order chi connectivity index (χ1) is 15.6. The number of benzene rings is 3. The van der Waals surface area contributed by atoms with Crippen molar-refractivity contribution < 1.29 is 4.74 Å². The van der Waals surface area contributed by atoms with E-state index in [2.05, 4.69) is 72.3 Å². The van der Waals surface area contributed by atoms with E-state index in [1.165, 1.54) is 38.8 Å². The number of ether oxygens (including phenoxy) is 1. The lowest BCUT2D eigenvalue weighted by atomic mass is 9.89. The molecule has 1 fully saturated rings. The van der Waals surface area contributed by atoms with Gasteiger partial charge in [0.1, 0.15) is 0 Å². The summed E-state index contributed by atoms with van der Waals surface area (Å²) in [6, 6.07) is 21.4. The molecule has 0 N–H and O–H groups in total. The molecule has 0 atom stereocenters. The van der Waals surface area contributed by atoms with Crippen molar-refractivity contribution in [3.05, 3.63) is 88.6 Å². The number of pyridine rings is 1. The molecule has 2 heterocycles. The third-order valence-electron chi connectivity index (χ3n) is 6.39. The molecule has 1 aliphatic rings. The van der Waals surface area contributed by atoms with Gasteiger partial charge in [-0.15, -0.1) is 0 Å². The summed E-state index contributed by atoms with van der Waals surface area (Å²) >= 11 is 6.13. The Labute approximate surface area is 194 Å². The predicted molar refractivity (Wildman–Crippen MR) is 133 cm³/mol. The second-order valence-corrected chi connectivity index (χ2v) is 8.97. The maximum absolute atomic E-state index is 6.13. The third-order valence-corrected chi connectivity index (χ3v) is 6.64. The largest absolute Gasteiger partial charge is 0.379 e. The Balaban J connectivity index is 1.55. The molecule has 0 amide bonds. The highest BCUT2D eigenvalue weighted by Gasteiger charge is 2.15. The van der Waals surface area contributed by atoms with Crippen LogP contribution in [0.1, 0.15) is 16.7 Å². The first-order valence-electron chi connectivity index (χ1n) is 11.1. The van der Waals surface area contributed by atoms with Crippen LogP contribution in [0, 0.1) is 13.8 Å². The molecule has 1 saturated heterocycles. The van der Waals surface area contributed by atoms with Crippen molar-refractivity contribution in [1.29, 1.82) is 0 Å². The van der Waals surface area contributed by atoms with E-state index in [1.54, 1.807) is 0 Å². The van der Waals surface area contributed by atoms with Gasteiger partial charge < -0.3 is 4.74 Å². The Bertz CT molecular complexity index is 1240. The molecule has 0 unspecified atom stereocenters. The number of nitrogens with zero attached hydrogens (tertiary/aromatic N) is 2. The van der Waals surface area contributed by atoms with Gasteiger partial charge in [-0.1, -0.05) is 48.0 Å². The van der Waals surface area contributed by atoms with Gasteiger partial charge in [0.2, 0.25) is 0 Å². The summed E-state index contributed by atoms with van der Waals surface area (Å²) in [4.78, 5) is 7.13. The van der Waals surface area contributed by atoms with Gasteiger partial charge in [-0.2, -0.15) is 0 Å². The van der Waals surface area contributed by atoms with Gasteiger partial charge in [-0.25, -0.2) is 0 Å². The molecule has 0 aliphatic carbocycles. The molecule has 0 radical (unpaired) electrons. The van der Waals surface area contributed by atoms with Crippen molar-refractivity contribution in [1.82, 2.24) is 9.88 Å². The van der Waals surface area contributed by atoms with Gasteiger partial charge in [-0.3, -0.25) is 9.88 Å². The molecule has 0 saturated carbocycles. The fourth-order valence-electron chi connectivity index (χ4n) is 4.79. The van der Waals surface area contributed by atoms with E-state index in [1.807, 2.05) is 18.3 Å². The van der Waals surface area contributed by atoms with Crippen LogP contribution in [-0.4, -0.2) is 36.2 Å². The Hall–Kier alpha value is -2.72. The van der Waals surface area contributed by atoms with Crippen LogP contribution >= 0.6 is 11.6 Å². The number of aromatic nitrogens is 1. The zero-order valence-corrected chi connectivity index (χ0v) is 19.3. The van der Waals surface area contributed by atoms with E-state index in [9.17, 15) is 0 Å². The van der Waals surface area contributed by atoms with Crippen LogP contribution in [0.15, 0.2) is 66.9 Å². The smallest absolute Gasteiger partial charge is 0.0713 e. The minimum absolute atomic E-state index is 0.748. The summed E-state index contributed by atoms with van der Waals surface area (Å²) in [7, 11) is 0. The van der Waals surface area contributed by atoms with Crippen molar-refractivity contribution in [2.75, 3.05) is 26.3 Å². The van der Waals surface area contributed by atoms with Crippen LogP contribution in [0.2, 0.25) is 5.02 Å². The normalized spacial score (nSPS) is 14.7. The highest BCUT2D eigenvalue weighted by molar-refractivity contribution is 6.30. The topological polar surface area (TPSA) is 25.4 Å². The third kappa shape index (κ3) is 4.16. The lowest BCUT2D eigenvalue weighted by molar-refractivity contribution is 0.0342. The Morgan fingerprint density at radius 2 is 1.59 bits per heavy atom. The standard InChI is InChI=1S/C28H27ClN2O/c1-19-17-26-28(25(11-12-30-26)22-7-9-24(29)10-8-22)20(2)27(19)23-5-3-21(4-6-23)18-31-13-15-32-16-14-31/h3-12,17H,13-16,18H2,1-2H3. The van der Waals surface area contributed by atoms with Gasteiger partial charge in [0, 0.05) is 36.2 Å². The molecule has 162 valence electrons. The fourth-order valence-corrected chi connectivity index (χ4v) is 4.91. The van der Waals surface area contributed by atoms with Crippen LogP contribution < -0.4 is 0 Å². The van der Waals surface area contributed by atoms with Crippen molar-refractivity contribution in [3.8, 4) is 22.3 Å². The van der Waals surface area contributed by atoms with Crippen LogP contribution in [0.25, 0.3) is 33.2 Å². The van der Waals surface area contributed by atoms with E-state index in [-0.39, 0.29) is 0 Å². The first kappa shape index (κ1) is 21.1. The lowest BCUT2D eigenvalue weighted by Gasteiger charge is -2.26. The van der Waals surface area contributed by atoms with Gasteiger partial charge in [0.05, 0.1) is 18.7 Å². The summed E-state index contributed by atoms with van der Waals surface area (Å²) in [5, 5.41) is 1.95. The molecule has 1 aliphatic heterocycles. The molecular formula is C28H27ClN2O. The second kappa shape index (κ2) is 9.03. The van der Waals surface area contributed by atoms with Crippen molar-refractivity contribution in [2.45, 2.75) is 20.4 Å². The highest BCUT2D eigenvalue weighted by atomic mass is 35.5. The fraction of sp³-hybridized carbons (Fsp3) is 0.250. The highest BCUT2D eigenvalue weighted by Crippen LogP contribution is 2.37. The second-order valence-electron chi connectivity index (χ2n) is 8.54. The van der Waals surface area contributed by atoms with E-state index < -0.39 is 0 Å². The number of hydrogen-bond acceptors (Lipinski definition) is 3. The number of fused-ring (bicyclic) bond motifs is 1. The average molecular weight is 443 g/mol. The Kier molecular flexibility index (Phi) is 5.97. The van der Waals surface area contributed by atoms with E-state index in [4.69, 9.17) is 16.3 Å². The van der Waals surface area contributed by atoms with Crippen LogP contribution in [-0.2, 0) is 11.3 Å². The SMILES string of the molecule is Cc1cc2nccc(-c3ccc(Cl)cc3)c2c(C)c1-c1ccc(CN2CCOCC2)cc1. The van der Waals surface area contributed by atoms with Crippen molar-refractivity contribution in [3.63, 3.8) is 0 Å². The van der Waals surface area contributed by atoms with E-state index in [0.29, 0.717) is 0 Å². The van der Waals surface area contributed by atoms with Crippen LogP contribution in [0.3, 0.4) is 0 Å². The number of rotatable bonds is 4. The summed E-state index contributed by atoms with van der Waals surface area (Å²) in [6.45, 7) is 9.04. The van der Waals surface area contributed by atoms with Gasteiger partial charge >= 0.3 is 0 Å². The first-order valence-corrected chi connectivity index (χ1v) is 11.5. The predicted octanol–water partition coefficient (Wildman–Crippen LogP) is 6.67.